The summed E-state index contributed by atoms with van der Waals surface area (Å²) in [6.07, 6.45) is 0.638. The SMILES string of the molecule is CC(C)(C)c1ccc(CN2CC[C@@H](CN)S2(=O)=O)cc1. The second-order valence-corrected chi connectivity index (χ2v) is 8.68. The molecule has 1 saturated heterocycles. The smallest absolute Gasteiger partial charge is 0.218 e. The van der Waals surface area contributed by atoms with Crippen molar-refractivity contribution in [2.24, 2.45) is 5.73 Å². The Kier molecular flexibility index (Phi) is 4.23. The van der Waals surface area contributed by atoms with Crippen LogP contribution in [0.25, 0.3) is 0 Å². The monoisotopic (exact) mass is 296 g/mol. The Hall–Kier alpha value is -0.910. The van der Waals surface area contributed by atoms with Gasteiger partial charge in [0.15, 0.2) is 0 Å². The molecule has 0 aliphatic carbocycles. The highest BCUT2D eigenvalue weighted by Gasteiger charge is 2.37. The van der Waals surface area contributed by atoms with E-state index in [1.54, 1.807) is 4.31 Å². The maximum absolute atomic E-state index is 12.2. The van der Waals surface area contributed by atoms with Gasteiger partial charge in [-0.2, -0.15) is 4.31 Å². The van der Waals surface area contributed by atoms with Gasteiger partial charge in [-0.3, -0.25) is 0 Å². The van der Waals surface area contributed by atoms with Crippen molar-refractivity contribution < 1.29 is 8.42 Å². The number of nitrogens with two attached hydrogens (primary N) is 1. The Balaban J connectivity index is 2.12. The van der Waals surface area contributed by atoms with Crippen molar-refractivity contribution in [1.29, 1.82) is 0 Å². The second kappa shape index (κ2) is 5.47. The van der Waals surface area contributed by atoms with Crippen LogP contribution in [0.15, 0.2) is 24.3 Å². The predicted octanol–water partition coefficient (Wildman–Crippen LogP) is 1.85. The zero-order chi connectivity index (χ0) is 15.0. The first-order valence-corrected chi connectivity index (χ1v) is 8.54. The first kappa shape index (κ1) is 15.5. The second-order valence-electron chi connectivity index (χ2n) is 6.47. The fraction of sp³-hybridized carbons (Fsp3) is 0.600. The first-order chi connectivity index (χ1) is 9.25. The van der Waals surface area contributed by atoms with E-state index in [1.807, 2.05) is 12.1 Å². The lowest BCUT2D eigenvalue weighted by Crippen LogP contribution is -2.32. The lowest BCUT2D eigenvalue weighted by Gasteiger charge is -2.20. The van der Waals surface area contributed by atoms with Crippen LogP contribution in [0.1, 0.15) is 38.3 Å². The standard InChI is InChI=1S/C15H24N2O2S/c1-15(2,3)13-6-4-12(5-7-13)11-17-9-8-14(10-16)20(17,18)19/h4-7,14H,8-11,16H2,1-3H3/t14-/m0/s1. The van der Waals surface area contributed by atoms with Gasteiger partial charge in [0.1, 0.15) is 0 Å². The van der Waals surface area contributed by atoms with Crippen molar-refractivity contribution in [2.45, 2.75) is 44.4 Å². The van der Waals surface area contributed by atoms with Gasteiger partial charge in [0, 0.05) is 19.6 Å². The molecular weight excluding hydrogens is 272 g/mol. The van der Waals surface area contributed by atoms with Crippen LogP contribution in [0.3, 0.4) is 0 Å². The third kappa shape index (κ3) is 3.05. The van der Waals surface area contributed by atoms with Crippen LogP contribution < -0.4 is 5.73 Å². The van der Waals surface area contributed by atoms with Gasteiger partial charge in [0.25, 0.3) is 0 Å². The van der Waals surface area contributed by atoms with E-state index in [0.29, 0.717) is 19.5 Å². The minimum Gasteiger partial charge on any atom is -0.329 e. The molecule has 0 radical (unpaired) electrons. The number of hydrogen-bond acceptors (Lipinski definition) is 3. The zero-order valence-corrected chi connectivity index (χ0v) is 13.3. The number of rotatable bonds is 3. The predicted molar refractivity (Wildman–Crippen MR) is 81.9 cm³/mol. The number of benzene rings is 1. The minimum atomic E-state index is -3.21. The van der Waals surface area contributed by atoms with Gasteiger partial charge in [-0.1, -0.05) is 45.0 Å². The van der Waals surface area contributed by atoms with E-state index >= 15 is 0 Å². The first-order valence-electron chi connectivity index (χ1n) is 7.03. The van der Waals surface area contributed by atoms with E-state index in [4.69, 9.17) is 5.73 Å². The van der Waals surface area contributed by atoms with Crippen molar-refractivity contribution in [1.82, 2.24) is 4.31 Å². The quantitative estimate of drug-likeness (QED) is 0.926. The van der Waals surface area contributed by atoms with Crippen molar-refractivity contribution in [3.05, 3.63) is 35.4 Å². The molecular formula is C15H24N2O2S. The van der Waals surface area contributed by atoms with Crippen LogP contribution in [-0.2, 0) is 22.0 Å². The summed E-state index contributed by atoms with van der Waals surface area (Å²) in [5.41, 5.74) is 7.92. The van der Waals surface area contributed by atoms with Crippen LogP contribution in [0.5, 0.6) is 0 Å². The maximum atomic E-state index is 12.2. The maximum Gasteiger partial charge on any atom is 0.218 e. The lowest BCUT2D eigenvalue weighted by molar-refractivity contribution is 0.439. The Labute approximate surface area is 122 Å². The van der Waals surface area contributed by atoms with Gasteiger partial charge in [-0.05, 0) is 23.0 Å². The zero-order valence-electron chi connectivity index (χ0n) is 12.5. The van der Waals surface area contributed by atoms with Crippen molar-refractivity contribution in [2.75, 3.05) is 13.1 Å². The molecule has 1 aromatic carbocycles. The van der Waals surface area contributed by atoms with Crippen LogP contribution >= 0.6 is 0 Å². The molecule has 4 nitrogen and oxygen atoms in total. The van der Waals surface area contributed by atoms with Gasteiger partial charge in [-0.15, -0.1) is 0 Å². The Morgan fingerprint density at radius 3 is 2.30 bits per heavy atom. The third-order valence-electron chi connectivity index (χ3n) is 3.92. The molecule has 1 aliphatic heterocycles. The molecule has 20 heavy (non-hydrogen) atoms. The molecule has 1 atom stereocenters. The summed E-state index contributed by atoms with van der Waals surface area (Å²) >= 11 is 0. The van der Waals surface area contributed by atoms with E-state index in [2.05, 4.69) is 32.9 Å². The molecule has 0 saturated carbocycles. The topological polar surface area (TPSA) is 63.4 Å². The van der Waals surface area contributed by atoms with E-state index in [0.717, 1.165) is 5.56 Å². The highest BCUT2D eigenvalue weighted by molar-refractivity contribution is 7.90. The fourth-order valence-electron chi connectivity index (χ4n) is 2.50. The number of nitrogens with zero attached hydrogens (tertiary/aromatic N) is 1. The molecule has 1 heterocycles. The van der Waals surface area contributed by atoms with Gasteiger partial charge in [-0.25, -0.2) is 8.42 Å². The average Bonchev–Trinajstić information content (AvgIpc) is 2.64. The van der Waals surface area contributed by atoms with Gasteiger partial charge in [0.05, 0.1) is 5.25 Å². The summed E-state index contributed by atoms with van der Waals surface area (Å²) in [6, 6.07) is 8.20. The minimum absolute atomic E-state index is 0.114. The normalized spacial score (nSPS) is 23.1. The molecule has 1 fully saturated rings. The molecule has 2 rings (SSSR count). The van der Waals surface area contributed by atoms with E-state index in [-0.39, 0.29) is 12.0 Å². The van der Waals surface area contributed by atoms with Crippen LogP contribution in [0.4, 0.5) is 0 Å². The molecule has 5 heteroatoms. The number of sulfonamides is 1. The molecule has 1 aromatic rings. The molecule has 112 valence electrons. The van der Waals surface area contributed by atoms with Crippen molar-refractivity contribution in [3.63, 3.8) is 0 Å². The third-order valence-corrected chi connectivity index (χ3v) is 6.23. The summed E-state index contributed by atoms with van der Waals surface area (Å²) < 4.78 is 26.0. The molecule has 0 amide bonds. The largest absolute Gasteiger partial charge is 0.329 e. The summed E-state index contributed by atoms with van der Waals surface area (Å²) in [5, 5.41) is -0.406. The van der Waals surface area contributed by atoms with Crippen molar-refractivity contribution in [3.8, 4) is 0 Å². The number of hydrogen-bond donors (Lipinski definition) is 1. The molecule has 0 bridgehead atoms. The Morgan fingerprint density at radius 1 is 1.25 bits per heavy atom. The highest BCUT2D eigenvalue weighted by atomic mass is 32.2. The van der Waals surface area contributed by atoms with E-state index in [9.17, 15) is 8.42 Å². The summed E-state index contributed by atoms with van der Waals surface area (Å²) in [4.78, 5) is 0. The fourth-order valence-corrected chi connectivity index (χ4v) is 4.25. The summed E-state index contributed by atoms with van der Waals surface area (Å²) in [7, 11) is -3.21. The van der Waals surface area contributed by atoms with E-state index < -0.39 is 15.3 Å². The molecule has 0 spiro atoms. The molecule has 1 aliphatic rings. The molecule has 2 N–H and O–H groups in total. The van der Waals surface area contributed by atoms with E-state index in [1.165, 1.54) is 5.56 Å². The average molecular weight is 296 g/mol. The van der Waals surface area contributed by atoms with Crippen LogP contribution in [0.2, 0.25) is 0 Å². The van der Waals surface area contributed by atoms with Gasteiger partial charge in [0.2, 0.25) is 10.0 Å². The Bertz CT molecular complexity index is 559. The lowest BCUT2D eigenvalue weighted by atomic mass is 9.87. The summed E-state index contributed by atoms with van der Waals surface area (Å²) in [6.45, 7) is 7.73. The summed E-state index contributed by atoms with van der Waals surface area (Å²) in [5.74, 6) is 0. The highest BCUT2D eigenvalue weighted by Crippen LogP contribution is 2.25. The van der Waals surface area contributed by atoms with Crippen LogP contribution in [0, 0.1) is 0 Å². The van der Waals surface area contributed by atoms with Gasteiger partial charge >= 0.3 is 0 Å². The molecule has 0 unspecified atom stereocenters. The molecule has 0 aromatic heterocycles. The van der Waals surface area contributed by atoms with Gasteiger partial charge < -0.3 is 5.73 Å². The Morgan fingerprint density at radius 2 is 1.85 bits per heavy atom. The van der Waals surface area contributed by atoms with Crippen LogP contribution in [-0.4, -0.2) is 31.1 Å². The van der Waals surface area contributed by atoms with Crippen molar-refractivity contribution >= 4 is 10.0 Å².